The quantitative estimate of drug-likeness (QED) is 0.887. The molecule has 1 heterocycles. The van der Waals surface area contributed by atoms with Crippen molar-refractivity contribution in [2.45, 2.75) is 34.2 Å². The first kappa shape index (κ1) is 15.9. The minimum absolute atomic E-state index is 0.286. The summed E-state index contributed by atoms with van der Waals surface area (Å²) in [6.45, 7) is 9.16. The second-order valence-corrected chi connectivity index (χ2v) is 4.90. The fourth-order valence-corrected chi connectivity index (χ4v) is 2.26. The molecule has 0 atom stereocenters. The van der Waals surface area contributed by atoms with E-state index in [4.69, 9.17) is 4.74 Å². The number of rotatable bonds is 5. The number of carbonyl (C=O) groups is 1. The van der Waals surface area contributed by atoms with Gasteiger partial charge in [-0.3, -0.25) is 4.68 Å². The molecule has 22 heavy (non-hydrogen) atoms. The number of aryl methyl sites for hydroxylation is 2. The zero-order valence-corrected chi connectivity index (χ0v) is 13.4. The lowest BCUT2D eigenvalue weighted by molar-refractivity contribution is 0.262. The van der Waals surface area contributed by atoms with Crippen molar-refractivity contribution >= 4 is 17.4 Å². The standard InChI is InChI=1S/C16H22N4O2/c1-5-20-12(4)15(11(3)19-20)18-16(21)17-13-7-9-14(10-8-13)22-6-2/h7-10H,5-6H2,1-4H3,(H2,17,18,21). The SMILES string of the molecule is CCOc1ccc(NC(=O)Nc2c(C)nn(CC)c2C)cc1. The lowest BCUT2D eigenvalue weighted by Crippen LogP contribution is -2.20. The zero-order valence-electron chi connectivity index (χ0n) is 13.4. The number of urea groups is 1. The van der Waals surface area contributed by atoms with E-state index < -0.39 is 0 Å². The third-order valence-electron chi connectivity index (χ3n) is 3.34. The monoisotopic (exact) mass is 302 g/mol. The number of nitrogens with one attached hydrogen (secondary N) is 2. The van der Waals surface area contributed by atoms with Crippen LogP contribution in [0.1, 0.15) is 25.2 Å². The Labute approximate surface area is 130 Å². The van der Waals surface area contributed by atoms with E-state index in [2.05, 4.69) is 15.7 Å². The number of hydrogen-bond donors (Lipinski definition) is 2. The molecule has 1 aromatic carbocycles. The lowest BCUT2D eigenvalue weighted by atomic mass is 10.3. The summed E-state index contributed by atoms with van der Waals surface area (Å²) in [6, 6.07) is 6.97. The largest absolute Gasteiger partial charge is 0.494 e. The van der Waals surface area contributed by atoms with E-state index in [9.17, 15) is 4.79 Å². The number of aromatic nitrogens is 2. The van der Waals surface area contributed by atoms with E-state index in [0.29, 0.717) is 12.3 Å². The molecule has 0 aliphatic carbocycles. The van der Waals surface area contributed by atoms with Gasteiger partial charge in [0.05, 0.1) is 23.7 Å². The third kappa shape index (κ3) is 3.58. The third-order valence-corrected chi connectivity index (χ3v) is 3.34. The molecule has 2 aromatic rings. The van der Waals surface area contributed by atoms with E-state index in [1.165, 1.54) is 0 Å². The average molecular weight is 302 g/mol. The van der Waals surface area contributed by atoms with Crippen LogP contribution >= 0.6 is 0 Å². The van der Waals surface area contributed by atoms with Crippen molar-refractivity contribution in [2.75, 3.05) is 17.2 Å². The highest BCUT2D eigenvalue weighted by Crippen LogP contribution is 2.20. The highest BCUT2D eigenvalue weighted by molar-refractivity contribution is 6.00. The smallest absolute Gasteiger partial charge is 0.323 e. The Balaban J connectivity index is 2.02. The second kappa shape index (κ2) is 6.98. The Morgan fingerprint density at radius 2 is 1.86 bits per heavy atom. The van der Waals surface area contributed by atoms with E-state index in [0.717, 1.165) is 29.4 Å². The van der Waals surface area contributed by atoms with Gasteiger partial charge in [-0.1, -0.05) is 0 Å². The zero-order chi connectivity index (χ0) is 16.1. The molecule has 0 radical (unpaired) electrons. The Morgan fingerprint density at radius 1 is 1.18 bits per heavy atom. The average Bonchev–Trinajstić information content (AvgIpc) is 2.77. The molecule has 0 saturated carbocycles. The Bertz CT molecular complexity index is 647. The molecule has 118 valence electrons. The molecule has 0 unspecified atom stereocenters. The minimum atomic E-state index is -0.286. The Hall–Kier alpha value is -2.50. The van der Waals surface area contributed by atoms with Gasteiger partial charge in [0, 0.05) is 12.2 Å². The van der Waals surface area contributed by atoms with Crippen LogP contribution < -0.4 is 15.4 Å². The number of hydrogen-bond acceptors (Lipinski definition) is 3. The first-order chi connectivity index (χ1) is 10.5. The van der Waals surface area contributed by atoms with Gasteiger partial charge in [0.25, 0.3) is 0 Å². The molecule has 6 nitrogen and oxygen atoms in total. The Morgan fingerprint density at radius 3 is 2.41 bits per heavy atom. The van der Waals surface area contributed by atoms with E-state index >= 15 is 0 Å². The summed E-state index contributed by atoms with van der Waals surface area (Å²) < 4.78 is 7.23. The van der Waals surface area contributed by atoms with Gasteiger partial charge in [0.1, 0.15) is 5.75 Å². The number of anilines is 2. The van der Waals surface area contributed by atoms with Gasteiger partial charge in [-0.05, 0) is 52.0 Å². The van der Waals surface area contributed by atoms with E-state index in [1.807, 2.05) is 44.5 Å². The maximum absolute atomic E-state index is 12.1. The molecule has 2 amide bonds. The molecule has 0 aliphatic rings. The van der Waals surface area contributed by atoms with Crippen LogP contribution in [0.2, 0.25) is 0 Å². The van der Waals surface area contributed by atoms with E-state index in [1.54, 1.807) is 12.1 Å². The highest BCUT2D eigenvalue weighted by Gasteiger charge is 2.13. The molecule has 2 rings (SSSR count). The first-order valence-corrected chi connectivity index (χ1v) is 7.40. The van der Waals surface area contributed by atoms with Crippen molar-refractivity contribution in [3.05, 3.63) is 35.7 Å². The predicted molar refractivity (Wildman–Crippen MR) is 87.6 cm³/mol. The number of amides is 2. The summed E-state index contributed by atoms with van der Waals surface area (Å²) >= 11 is 0. The van der Waals surface area contributed by atoms with Gasteiger partial charge < -0.3 is 15.4 Å². The fourth-order valence-electron chi connectivity index (χ4n) is 2.26. The van der Waals surface area contributed by atoms with Crippen molar-refractivity contribution in [3.8, 4) is 5.75 Å². The van der Waals surface area contributed by atoms with Gasteiger partial charge in [-0.25, -0.2) is 4.79 Å². The molecule has 0 bridgehead atoms. The van der Waals surface area contributed by atoms with Crippen LogP contribution in [-0.2, 0) is 6.54 Å². The summed E-state index contributed by atoms with van der Waals surface area (Å²) in [6.07, 6.45) is 0. The van der Waals surface area contributed by atoms with Crippen LogP contribution in [0.25, 0.3) is 0 Å². The van der Waals surface area contributed by atoms with Crippen molar-refractivity contribution in [1.29, 1.82) is 0 Å². The van der Waals surface area contributed by atoms with Crippen LogP contribution in [0.4, 0.5) is 16.2 Å². The first-order valence-electron chi connectivity index (χ1n) is 7.40. The number of carbonyl (C=O) groups excluding carboxylic acids is 1. The molecule has 6 heteroatoms. The number of ether oxygens (including phenoxy) is 1. The normalized spacial score (nSPS) is 10.4. The summed E-state index contributed by atoms with van der Waals surface area (Å²) in [5.41, 5.74) is 3.22. The summed E-state index contributed by atoms with van der Waals surface area (Å²) in [4.78, 5) is 12.1. The van der Waals surface area contributed by atoms with Gasteiger partial charge in [0.2, 0.25) is 0 Å². The van der Waals surface area contributed by atoms with Crippen LogP contribution in [-0.4, -0.2) is 22.4 Å². The van der Waals surface area contributed by atoms with Crippen molar-refractivity contribution in [2.24, 2.45) is 0 Å². The summed E-state index contributed by atoms with van der Waals surface area (Å²) in [5.74, 6) is 0.782. The molecular formula is C16H22N4O2. The van der Waals surface area contributed by atoms with Gasteiger partial charge in [0.15, 0.2) is 0 Å². The van der Waals surface area contributed by atoms with E-state index in [-0.39, 0.29) is 6.03 Å². The maximum atomic E-state index is 12.1. The molecular weight excluding hydrogens is 280 g/mol. The topological polar surface area (TPSA) is 68.2 Å². The van der Waals surface area contributed by atoms with Crippen molar-refractivity contribution in [3.63, 3.8) is 0 Å². The number of nitrogens with zero attached hydrogens (tertiary/aromatic N) is 2. The molecule has 0 saturated heterocycles. The number of benzene rings is 1. The maximum Gasteiger partial charge on any atom is 0.323 e. The van der Waals surface area contributed by atoms with Crippen molar-refractivity contribution in [1.82, 2.24) is 9.78 Å². The highest BCUT2D eigenvalue weighted by atomic mass is 16.5. The second-order valence-electron chi connectivity index (χ2n) is 4.90. The summed E-state index contributed by atoms with van der Waals surface area (Å²) in [5, 5.41) is 10.0. The van der Waals surface area contributed by atoms with Gasteiger partial charge in [-0.15, -0.1) is 0 Å². The molecule has 0 fully saturated rings. The molecule has 0 aliphatic heterocycles. The predicted octanol–water partition coefficient (Wildman–Crippen LogP) is 3.56. The van der Waals surface area contributed by atoms with Gasteiger partial charge >= 0.3 is 6.03 Å². The van der Waals surface area contributed by atoms with Gasteiger partial charge in [-0.2, -0.15) is 5.10 Å². The molecule has 2 N–H and O–H groups in total. The lowest BCUT2D eigenvalue weighted by Gasteiger charge is -2.09. The summed E-state index contributed by atoms with van der Waals surface area (Å²) in [7, 11) is 0. The van der Waals surface area contributed by atoms with Crippen LogP contribution in [0.3, 0.4) is 0 Å². The van der Waals surface area contributed by atoms with Crippen LogP contribution in [0.5, 0.6) is 5.75 Å². The van der Waals surface area contributed by atoms with Crippen molar-refractivity contribution < 1.29 is 9.53 Å². The van der Waals surface area contributed by atoms with Crippen LogP contribution in [0.15, 0.2) is 24.3 Å². The van der Waals surface area contributed by atoms with Crippen LogP contribution in [0, 0.1) is 13.8 Å². The fraction of sp³-hybridized carbons (Fsp3) is 0.375. The Kier molecular flexibility index (Phi) is 5.04. The molecule has 1 aromatic heterocycles. The molecule has 0 spiro atoms. The minimum Gasteiger partial charge on any atom is -0.494 e.